The van der Waals surface area contributed by atoms with Gasteiger partial charge in [0.15, 0.2) is 0 Å². The third kappa shape index (κ3) is 6.41. The van der Waals surface area contributed by atoms with E-state index in [1.165, 1.54) is 22.6 Å². The predicted molar refractivity (Wildman–Crippen MR) is 139 cm³/mol. The van der Waals surface area contributed by atoms with Gasteiger partial charge in [-0.1, -0.05) is 18.2 Å². The molecule has 3 aromatic rings. The molecule has 2 amide bonds. The predicted octanol–water partition coefficient (Wildman–Crippen LogP) is 1.55. The second-order valence-electron chi connectivity index (χ2n) is 9.11. The summed E-state index contributed by atoms with van der Waals surface area (Å²) in [7, 11) is 1.27. The largest absolute Gasteiger partial charge is 0.494 e. The first-order valence-corrected chi connectivity index (χ1v) is 12.5. The van der Waals surface area contributed by atoms with E-state index in [1.807, 2.05) is 30.3 Å². The Balaban J connectivity index is 1.59. The fourth-order valence-corrected chi connectivity index (χ4v) is 4.57. The van der Waals surface area contributed by atoms with E-state index in [0.717, 1.165) is 18.6 Å². The quantitative estimate of drug-likeness (QED) is 0.281. The molecule has 4 rings (SSSR count). The number of imidazole rings is 1. The minimum absolute atomic E-state index is 0.188. The molecule has 38 heavy (non-hydrogen) atoms. The first-order chi connectivity index (χ1) is 18.4. The van der Waals surface area contributed by atoms with E-state index in [1.54, 1.807) is 16.7 Å². The van der Waals surface area contributed by atoms with Crippen LogP contribution in [-0.4, -0.2) is 71.3 Å². The highest BCUT2D eigenvalue weighted by Crippen LogP contribution is 2.19. The zero-order valence-electron chi connectivity index (χ0n) is 21.3. The number of esters is 1. The maximum absolute atomic E-state index is 13.5. The highest BCUT2D eigenvalue weighted by atomic mass is 16.5. The van der Waals surface area contributed by atoms with Crippen molar-refractivity contribution < 1.29 is 28.6 Å². The molecule has 0 aliphatic carbocycles. The third-order valence-corrected chi connectivity index (χ3v) is 6.42. The van der Waals surface area contributed by atoms with Gasteiger partial charge < -0.3 is 24.8 Å². The van der Waals surface area contributed by atoms with E-state index < -0.39 is 23.5 Å². The number of benzene rings is 2. The standard InChI is InChI=1S/C27H32N4O7/c1-36-26(34)19-10-11-22-23(15-19)31(18-25(33)29(17-24(28)32)16-21-9-5-13-38-21)27(35)30(22)12-6-14-37-20-7-3-2-4-8-20/h2-4,7-8,10-11,15,21H,5-6,9,12-14,16-18H2,1H3,(H2,28,32). The van der Waals surface area contributed by atoms with Crippen molar-refractivity contribution in [3.63, 3.8) is 0 Å². The lowest BCUT2D eigenvalue weighted by atomic mass is 10.2. The third-order valence-electron chi connectivity index (χ3n) is 6.42. The molecule has 1 aromatic heterocycles. The van der Waals surface area contributed by atoms with Crippen molar-refractivity contribution in [1.29, 1.82) is 0 Å². The fourth-order valence-electron chi connectivity index (χ4n) is 4.57. The summed E-state index contributed by atoms with van der Waals surface area (Å²) in [6.07, 6.45) is 2.00. The summed E-state index contributed by atoms with van der Waals surface area (Å²) in [5.41, 5.74) is 6.20. The van der Waals surface area contributed by atoms with E-state index in [9.17, 15) is 19.2 Å². The van der Waals surface area contributed by atoms with Crippen LogP contribution >= 0.6 is 0 Å². The van der Waals surface area contributed by atoms with E-state index in [2.05, 4.69) is 0 Å². The van der Waals surface area contributed by atoms with Crippen LogP contribution in [0.15, 0.2) is 53.3 Å². The molecule has 1 fully saturated rings. The number of para-hydroxylation sites is 1. The number of rotatable bonds is 12. The molecule has 1 aliphatic rings. The van der Waals surface area contributed by atoms with Crippen LogP contribution in [0.3, 0.4) is 0 Å². The molecule has 0 saturated carbocycles. The number of fused-ring (bicyclic) bond motifs is 1. The van der Waals surface area contributed by atoms with Gasteiger partial charge in [-0.25, -0.2) is 9.59 Å². The summed E-state index contributed by atoms with van der Waals surface area (Å²) in [4.78, 5) is 52.0. The highest BCUT2D eigenvalue weighted by molar-refractivity contribution is 5.94. The van der Waals surface area contributed by atoms with Gasteiger partial charge in [-0.3, -0.25) is 18.7 Å². The van der Waals surface area contributed by atoms with Crippen molar-refractivity contribution in [3.05, 3.63) is 64.6 Å². The molecule has 1 saturated heterocycles. The normalized spacial score (nSPS) is 14.9. The number of ether oxygens (including phenoxy) is 3. The summed E-state index contributed by atoms with van der Waals surface area (Å²) >= 11 is 0. The van der Waals surface area contributed by atoms with Crippen molar-refractivity contribution in [2.45, 2.75) is 38.5 Å². The second-order valence-corrected chi connectivity index (χ2v) is 9.11. The van der Waals surface area contributed by atoms with Crippen LogP contribution < -0.4 is 16.2 Å². The average Bonchev–Trinajstić information content (AvgIpc) is 3.52. The van der Waals surface area contributed by atoms with Gasteiger partial charge in [0.1, 0.15) is 12.3 Å². The number of amides is 2. The lowest BCUT2D eigenvalue weighted by Gasteiger charge is -2.24. The number of methoxy groups -OCH3 is 1. The van der Waals surface area contributed by atoms with E-state index in [4.69, 9.17) is 19.9 Å². The highest BCUT2D eigenvalue weighted by Gasteiger charge is 2.26. The van der Waals surface area contributed by atoms with E-state index in [-0.39, 0.29) is 31.3 Å². The maximum Gasteiger partial charge on any atom is 0.337 e. The molecule has 0 radical (unpaired) electrons. The number of aryl methyl sites for hydroxylation is 1. The molecule has 2 aromatic carbocycles. The molecule has 0 bridgehead atoms. The fraction of sp³-hybridized carbons (Fsp3) is 0.407. The maximum atomic E-state index is 13.5. The van der Waals surface area contributed by atoms with Crippen LogP contribution in [0.2, 0.25) is 0 Å². The van der Waals surface area contributed by atoms with E-state index in [0.29, 0.717) is 37.2 Å². The summed E-state index contributed by atoms with van der Waals surface area (Å²) in [6, 6.07) is 14.1. The summed E-state index contributed by atoms with van der Waals surface area (Å²) in [5, 5.41) is 0. The Bertz CT molecular complexity index is 1340. The Morgan fingerprint density at radius 2 is 1.89 bits per heavy atom. The van der Waals surface area contributed by atoms with Crippen LogP contribution in [0.25, 0.3) is 11.0 Å². The molecule has 202 valence electrons. The Labute approximate surface area is 219 Å². The van der Waals surface area contributed by atoms with Crippen LogP contribution in [0.5, 0.6) is 5.75 Å². The Morgan fingerprint density at radius 3 is 2.58 bits per heavy atom. The van der Waals surface area contributed by atoms with Crippen LogP contribution in [-0.2, 0) is 32.2 Å². The van der Waals surface area contributed by atoms with Gasteiger partial charge in [-0.05, 0) is 49.6 Å². The number of carbonyl (C=O) groups is 3. The minimum Gasteiger partial charge on any atom is -0.494 e. The number of hydrogen-bond acceptors (Lipinski definition) is 7. The zero-order valence-corrected chi connectivity index (χ0v) is 21.3. The lowest BCUT2D eigenvalue weighted by molar-refractivity contribution is -0.137. The van der Waals surface area contributed by atoms with Crippen LogP contribution in [0.4, 0.5) is 0 Å². The Hall–Kier alpha value is -4.12. The summed E-state index contributed by atoms with van der Waals surface area (Å²) in [5.74, 6) is -0.930. The number of primary amides is 1. The van der Waals surface area contributed by atoms with Gasteiger partial charge in [0, 0.05) is 19.7 Å². The number of nitrogens with two attached hydrogens (primary N) is 1. The SMILES string of the molecule is COC(=O)c1ccc2c(c1)n(CC(=O)N(CC(N)=O)CC1CCCO1)c(=O)n2CCCOc1ccccc1. The van der Waals surface area contributed by atoms with Crippen molar-refractivity contribution >= 4 is 28.8 Å². The first kappa shape index (κ1) is 26.9. The topological polar surface area (TPSA) is 135 Å². The average molecular weight is 525 g/mol. The van der Waals surface area contributed by atoms with Crippen LogP contribution in [0, 0.1) is 0 Å². The molecule has 1 aliphatic heterocycles. The molecule has 1 unspecified atom stereocenters. The van der Waals surface area contributed by atoms with Gasteiger partial charge in [-0.2, -0.15) is 0 Å². The summed E-state index contributed by atoms with van der Waals surface area (Å²) in [6.45, 7) is 0.918. The summed E-state index contributed by atoms with van der Waals surface area (Å²) < 4.78 is 19.1. The number of aromatic nitrogens is 2. The zero-order chi connectivity index (χ0) is 27.1. The van der Waals surface area contributed by atoms with Crippen molar-refractivity contribution in [2.24, 2.45) is 5.73 Å². The molecular weight excluding hydrogens is 492 g/mol. The van der Waals surface area contributed by atoms with Crippen LogP contribution in [0.1, 0.15) is 29.6 Å². The van der Waals surface area contributed by atoms with Gasteiger partial charge >= 0.3 is 11.7 Å². The number of hydrogen-bond donors (Lipinski definition) is 1. The van der Waals surface area contributed by atoms with Gasteiger partial charge in [0.25, 0.3) is 0 Å². The second kappa shape index (κ2) is 12.4. The molecule has 11 nitrogen and oxygen atoms in total. The van der Waals surface area contributed by atoms with Gasteiger partial charge in [-0.15, -0.1) is 0 Å². The molecule has 0 spiro atoms. The van der Waals surface area contributed by atoms with Crippen molar-refractivity contribution in [2.75, 3.05) is 33.4 Å². The Morgan fingerprint density at radius 1 is 1.11 bits per heavy atom. The van der Waals surface area contributed by atoms with Gasteiger partial charge in [0.05, 0.1) is 43.0 Å². The van der Waals surface area contributed by atoms with Crippen molar-refractivity contribution in [3.8, 4) is 5.75 Å². The molecule has 2 N–H and O–H groups in total. The van der Waals surface area contributed by atoms with E-state index >= 15 is 0 Å². The minimum atomic E-state index is -0.655. The molecule has 11 heteroatoms. The number of carbonyl (C=O) groups excluding carboxylic acids is 3. The number of nitrogens with zero attached hydrogens (tertiary/aromatic N) is 3. The Kier molecular flexibility index (Phi) is 8.80. The first-order valence-electron chi connectivity index (χ1n) is 12.5. The monoisotopic (exact) mass is 524 g/mol. The molecular formula is C27H32N4O7. The lowest BCUT2D eigenvalue weighted by Crippen LogP contribution is -2.45. The van der Waals surface area contributed by atoms with Gasteiger partial charge in [0.2, 0.25) is 11.8 Å². The molecule has 1 atom stereocenters. The molecule has 2 heterocycles. The smallest absolute Gasteiger partial charge is 0.337 e. The van der Waals surface area contributed by atoms with Crippen molar-refractivity contribution in [1.82, 2.24) is 14.0 Å².